The second kappa shape index (κ2) is 12.4. The normalized spacial score (nSPS) is 15.7. The number of likely N-dealkylation sites (tertiary alicyclic amines) is 1. The summed E-state index contributed by atoms with van der Waals surface area (Å²) >= 11 is 6.03. The van der Waals surface area contributed by atoms with Crippen molar-refractivity contribution in [3.05, 3.63) is 71.8 Å². The van der Waals surface area contributed by atoms with E-state index in [1.807, 2.05) is 94.5 Å². The Kier molecular flexibility index (Phi) is 8.71. The van der Waals surface area contributed by atoms with E-state index in [-0.39, 0.29) is 12.1 Å². The Labute approximate surface area is 246 Å². The third-order valence-corrected chi connectivity index (χ3v) is 7.21. The Hall–Kier alpha value is -3.75. The summed E-state index contributed by atoms with van der Waals surface area (Å²) in [4.78, 5) is 21.1. The Bertz CT molecular complexity index is 1460. The van der Waals surface area contributed by atoms with Crippen molar-refractivity contribution in [2.45, 2.75) is 45.3 Å². The van der Waals surface area contributed by atoms with Crippen molar-refractivity contribution >= 4 is 40.2 Å². The molecule has 1 aliphatic rings. The van der Waals surface area contributed by atoms with Crippen LogP contribution in [0, 0.1) is 0 Å². The van der Waals surface area contributed by atoms with Crippen molar-refractivity contribution in [1.29, 1.82) is 0 Å². The number of alkyl carbamates (subject to hydrolysis) is 1. The van der Waals surface area contributed by atoms with Gasteiger partial charge in [-0.1, -0.05) is 11.6 Å². The van der Waals surface area contributed by atoms with E-state index in [0.717, 1.165) is 66.3 Å². The zero-order chi connectivity index (χ0) is 29.0. The van der Waals surface area contributed by atoms with Crippen molar-refractivity contribution in [3.63, 3.8) is 0 Å². The first-order chi connectivity index (χ1) is 19.6. The molecule has 216 valence electrons. The quantitative estimate of drug-likeness (QED) is 0.210. The summed E-state index contributed by atoms with van der Waals surface area (Å²) in [6.45, 7) is 8.94. The maximum atomic E-state index is 12.0. The van der Waals surface area contributed by atoms with Crippen LogP contribution in [-0.2, 0) is 4.74 Å². The van der Waals surface area contributed by atoms with Crippen LogP contribution < -0.4 is 15.0 Å². The molecule has 1 saturated heterocycles. The molecule has 0 radical (unpaired) electrons. The molecule has 1 aromatic heterocycles. The standard InChI is InChI=1S/C32H37ClN4O4/c1-32(2,3)41-31(38)34-24-16-18-37(21-24)17-5-19-39-27-13-6-22(7-14-27)30-35-28-15-12-26(20-29(28)40-30)36(4)25-10-8-23(33)9-11-25/h6-15,20,24H,5,16-19,21H2,1-4H3,(H,34,38)/t24-/m0/s1. The van der Waals surface area contributed by atoms with Gasteiger partial charge in [0.1, 0.15) is 16.9 Å². The van der Waals surface area contributed by atoms with E-state index < -0.39 is 5.60 Å². The number of benzene rings is 3. The molecule has 9 heteroatoms. The van der Waals surface area contributed by atoms with Crippen molar-refractivity contribution in [2.75, 3.05) is 38.2 Å². The van der Waals surface area contributed by atoms with Gasteiger partial charge in [0.05, 0.1) is 6.61 Å². The van der Waals surface area contributed by atoms with Crippen LogP contribution in [0.1, 0.15) is 33.6 Å². The van der Waals surface area contributed by atoms with Crippen LogP contribution in [0.3, 0.4) is 0 Å². The Morgan fingerprint density at radius 1 is 1.10 bits per heavy atom. The first-order valence-electron chi connectivity index (χ1n) is 14.0. The predicted octanol–water partition coefficient (Wildman–Crippen LogP) is 7.28. The number of nitrogens with zero attached hydrogens (tertiary/aromatic N) is 3. The number of rotatable bonds is 9. The maximum Gasteiger partial charge on any atom is 0.407 e. The minimum atomic E-state index is -0.485. The summed E-state index contributed by atoms with van der Waals surface area (Å²) < 4.78 is 17.4. The van der Waals surface area contributed by atoms with E-state index >= 15 is 0 Å². The van der Waals surface area contributed by atoms with Gasteiger partial charge in [0.25, 0.3) is 0 Å². The molecule has 1 amide bonds. The highest BCUT2D eigenvalue weighted by molar-refractivity contribution is 6.30. The third-order valence-electron chi connectivity index (χ3n) is 6.96. The van der Waals surface area contributed by atoms with Gasteiger partial charge in [0, 0.05) is 60.8 Å². The molecule has 4 aromatic rings. The van der Waals surface area contributed by atoms with Crippen LogP contribution in [0.4, 0.5) is 16.2 Å². The van der Waals surface area contributed by atoms with Gasteiger partial charge in [-0.05, 0) is 94.3 Å². The van der Waals surface area contributed by atoms with Gasteiger partial charge in [-0.25, -0.2) is 9.78 Å². The summed E-state index contributed by atoms with van der Waals surface area (Å²) in [5, 5.41) is 3.68. The van der Waals surface area contributed by atoms with Gasteiger partial charge in [-0.15, -0.1) is 0 Å². The molecule has 8 nitrogen and oxygen atoms in total. The summed E-state index contributed by atoms with van der Waals surface area (Å²) in [5.74, 6) is 1.38. The molecule has 41 heavy (non-hydrogen) atoms. The van der Waals surface area contributed by atoms with E-state index in [2.05, 4.69) is 20.1 Å². The smallest absolute Gasteiger partial charge is 0.407 e. The first-order valence-corrected chi connectivity index (χ1v) is 14.4. The molecule has 0 aliphatic carbocycles. The fourth-order valence-electron chi connectivity index (χ4n) is 4.86. The second-order valence-corrected chi connectivity index (χ2v) is 11.8. The SMILES string of the molecule is CN(c1ccc(Cl)cc1)c1ccc2nc(-c3ccc(OCCCN4CC[C@H](NC(=O)OC(C)(C)C)C4)cc3)oc2c1. The third kappa shape index (κ3) is 7.71. The van der Waals surface area contributed by atoms with Gasteiger partial charge in [0.15, 0.2) is 5.58 Å². The maximum absolute atomic E-state index is 12.0. The average molecular weight is 577 g/mol. The number of oxazole rings is 1. The van der Waals surface area contributed by atoms with E-state index in [0.29, 0.717) is 17.5 Å². The van der Waals surface area contributed by atoms with Gasteiger partial charge in [-0.3, -0.25) is 0 Å². The highest BCUT2D eigenvalue weighted by atomic mass is 35.5. The number of hydrogen-bond donors (Lipinski definition) is 1. The van der Waals surface area contributed by atoms with Crippen LogP contribution >= 0.6 is 11.6 Å². The fraction of sp³-hybridized carbons (Fsp3) is 0.375. The monoisotopic (exact) mass is 576 g/mol. The van der Waals surface area contributed by atoms with Crippen molar-refractivity contribution in [3.8, 4) is 17.2 Å². The number of ether oxygens (including phenoxy) is 2. The van der Waals surface area contributed by atoms with Gasteiger partial charge in [0.2, 0.25) is 5.89 Å². The number of carbonyl (C=O) groups excluding carboxylic acids is 1. The second-order valence-electron chi connectivity index (χ2n) is 11.4. The van der Waals surface area contributed by atoms with E-state index in [4.69, 9.17) is 25.5 Å². The van der Waals surface area contributed by atoms with E-state index in [1.54, 1.807) is 0 Å². The average Bonchev–Trinajstić information content (AvgIpc) is 3.56. The summed E-state index contributed by atoms with van der Waals surface area (Å²) in [7, 11) is 2.01. The van der Waals surface area contributed by atoms with Crippen LogP contribution in [0.15, 0.2) is 71.1 Å². The Balaban J connectivity index is 1.09. The molecule has 1 atom stereocenters. The number of amides is 1. The molecule has 3 aromatic carbocycles. The summed E-state index contributed by atoms with van der Waals surface area (Å²) in [6, 6.07) is 21.7. The molecule has 1 N–H and O–H groups in total. The highest BCUT2D eigenvalue weighted by Crippen LogP contribution is 2.31. The van der Waals surface area contributed by atoms with Crippen molar-refractivity contribution in [2.24, 2.45) is 0 Å². The highest BCUT2D eigenvalue weighted by Gasteiger charge is 2.25. The number of halogens is 1. The number of hydrogen-bond acceptors (Lipinski definition) is 7. The molecule has 1 aliphatic heterocycles. The molecule has 2 heterocycles. The number of aromatic nitrogens is 1. The van der Waals surface area contributed by atoms with Crippen molar-refractivity contribution in [1.82, 2.24) is 15.2 Å². The Morgan fingerprint density at radius 3 is 2.56 bits per heavy atom. The Morgan fingerprint density at radius 2 is 1.83 bits per heavy atom. The van der Waals surface area contributed by atoms with Gasteiger partial charge < -0.3 is 29.0 Å². The molecular weight excluding hydrogens is 540 g/mol. The van der Waals surface area contributed by atoms with Crippen molar-refractivity contribution < 1.29 is 18.7 Å². The topological polar surface area (TPSA) is 80.1 Å². The lowest BCUT2D eigenvalue weighted by Crippen LogP contribution is -2.40. The van der Waals surface area contributed by atoms with Gasteiger partial charge >= 0.3 is 6.09 Å². The number of carbonyl (C=O) groups is 1. The number of fused-ring (bicyclic) bond motifs is 1. The summed E-state index contributed by atoms with van der Waals surface area (Å²) in [6.07, 6.45) is 1.48. The van der Waals surface area contributed by atoms with E-state index in [9.17, 15) is 4.79 Å². The van der Waals surface area contributed by atoms with Crippen LogP contribution in [0.5, 0.6) is 5.75 Å². The molecule has 0 saturated carbocycles. The zero-order valence-electron chi connectivity index (χ0n) is 24.0. The number of nitrogens with one attached hydrogen (secondary N) is 1. The predicted molar refractivity (Wildman–Crippen MR) is 163 cm³/mol. The van der Waals surface area contributed by atoms with Crippen LogP contribution in [-0.4, -0.2) is 60.9 Å². The zero-order valence-corrected chi connectivity index (χ0v) is 24.8. The van der Waals surface area contributed by atoms with Crippen LogP contribution in [0.2, 0.25) is 5.02 Å². The summed E-state index contributed by atoms with van der Waals surface area (Å²) in [5.41, 5.74) is 3.96. The molecule has 5 rings (SSSR count). The molecular formula is C32H37ClN4O4. The first kappa shape index (κ1) is 28.8. The lowest BCUT2D eigenvalue weighted by Gasteiger charge is -2.22. The minimum Gasteiger partial charge on any atom is -0.494 e. The lowest BCUT2D eigenvalue weighted by atomic mass is 10.2. The molecule has 1 fully saturated rings. The van der Waals surface area contributed by atoms with Crippen LogP contribution in [0.25, 0.3) is 22.6 Å². The minimum absolute atomic E-state index is 0.126. The molecule has 0 spiro atoms. The largest absolute Gasteiger partial charge is 0.494 e. The van der Waals surface area contributed by atoms with E-state index in [1.165, 1.54) is 0 Å². The molecule has 0 unspecified atom stereocenters. The fourth-order valence-corrected chi connectivity index (χ4v) is 4.98. The van der Waals surface area contributed by atoms with Gasteiger partial charge in [-0.2, -0.15) is 0 Å². The molecule has 0 bridgehead atoms. The lowest BCUT2D eigenvalue weighted by molar-refractivity contribution is 0.0505. The number of anilines is 2.